The molecule has 0 radical (unpaired) electrons. The lowest BCUT2D eigenvalue weighted by Gasteiger charge is -2.08. The molecular weight excluding hydrogens is 288 g/mol. The van der Waals surface area contributed by atoms with Crippen molar-refractivity contribution in [1.82, 2.24) is 10.2 Å². The van der Waals surface area contributed by atoms with E-state index in [1.165, 1.54) is 11.8 Å². The number of methoxy groups -OCH3 is 2. The molecule has 2 rings (SSSR count). The smallest absolute Gasteiger partial charge is 0.277 e. The molecule has 1 aromatic heterocycles. The third-order valence-electron chi connectivity index (χ3n) is 2.70. The van der Waals surface area contributed by atoms with Gasteiger partial charge in [-0.25, -0.2) is 0 Å². The Labute approximate surface area is 128 Å². The first-order valence-electron chi connectivity index (χ1n) is 6.32. The second-order valence-corrected chi connectivity index (χ2v) is 4.97. The summed E-state index contributed by atoms with van der Waals surface area (Å²) < 4.78 is 16.0. The van der Waals surface area contributed by atoms with Crippen LogP contribution in [0, 0.1) is 11.8 Å². The summed E-state index contributed by atoms with van der Waals surface area (Å²) in [5, 5.41) is 8.55. The SMILES string of the molecule is CC#CCSc1nnc(Cc2ccc(OC)c(OC)c2)o1. The first-order valence-corrected chi connectivity index (χ1v) is 7.31. The minimum Gasteiger partial charge on any atom is -0.493 e. The van der Waals surface area contributed by atoms with Gasteiger partial charge in [-0.05, 0) is 24.6 Å². The zero-order valence-electron chi connectivity index (χ0n) is 12.2. The Hall–Kier alpha value is -2.13. The largest absolute Gasteiger partial charge is 0.493 e. The van der Waals surface area contributed by atoms with Crippen molar-refractivity contribution in [3.05, 3.63) is 29.7 Å². The van der Waals surface area contributed by atoms with Crippen LogP contribution in [0.25, 0.3) is 0 Å². The van der Waals surface area contributed by atoms with Crippen LogP contribution in [0.15, 0.2) is 27.8 Å². The Morgan fingerprint density at radius 2 is 2.00 bits per heavy atom. The molecule has 0 saturated heterocycles. The molecule has 110 valence electrons. The summed E-state index contributed by atoms with van der Waals surface area (Å²) in [6.45, 7) is 1.80. The minimum atomic E-state index is 0.535. The molecule has 0 atom stereocenters. The van der Waals surface area contributed by atoms with Crippen LogP contribution in [0.1, 0.15) is 18.4 Å². The third-order valence-corrected chi connectivity index (χ3v) is 3.40. The molecule has 0 N–H and O–H groups in total. The lowest BCUT2D eigenvalue weighted by Crippen LogP contribution is -1.94. The third kappa shape index (κ3) is 4.17. The zero-order chi connectivity index (χ0) is 15.1. The highest BCUT2D eigenvalue weighted by Crippen LogP contribution is 2.28. The Morgan fingerprint density at radius 3 is 2.71 bits per heavy atom. The molecule has 0 saturated carbocycles. The Kier molecular flexibility index (Phi) is 5.52. The van der Waals surface area contributed by atoms with E-state index >= 15 is 0 Å². The van der Waals surface area contributed by atoms with Crippen LogP contribution in [0.3, 0.4) is 0 Å². The van der Waals surface area contributed by atoms with E-state index in [-0.39, 0.29) is 0 Å². The number of benzene rings is 1. The van der Waals surface area contributed by atoms with Crippen molar-refractivity contribution < 1.29 is 13.9 Å². The topological polar surface area (TPSA) is 57.4 Å². The highest BCUT2D eigenvalue weighted by molar-refractivity contribution is 7.99. The summed E-state index contributed by atoms with van der Waals surface area (Å²) in [4.78, 5) is 0. The van der Waals surface area contributed by atoms with E-state index in [2.05, 4.69) is 22.0 Å². The molecule has 0 bridgehead atoms. The number of rotatable bonds is 6. The van der Waals surface area contributed by atoms with E-state index in [9.17, 15) is 0 Å². The van der Waals surface area contributed by atoms with Crippen LogP contribution in [-0.4, -0.2) is 30.2 Å². The molecule has 0 fully saturated rings. The number of aromatic nitrogens is 2. The lowest BCUT2D eigenvalue weighted by atomic mass is 10.1. The fourth-order valence-electron chi connectivity index (χ4n) is 1.70. The molecule has 0 unspecified atom stereocenters. The summed E-state index contributed by atoms with van der Waals surface area (Å²) in [6.07, 6.45) is 0.549. The van der Waals surface area contributed by atoms with Gasteiger partial charge in [-0.1, -0.05) is 23.7 Å². The van der Waals surface area contributed by atoms with Crippen LogP contribution >= 0.6 is 11.8 Å². The molecule has 0 amide bonds. The highest BCUT2D eigenvalue weighted by atomic mass is 32.2. The van der Waals surface area contributed by atoms with Crippen LogP contribution in [0.4, 0.5) is 0 Å². The van der Waals surface area contributed by atoms with Crippen LogP contribution in [-0.2, 0) is 6.42 Å². The highest BCUT2D eigenvalue weighted by Gasteiger charge is 2.10. The summed E-state index contributed by atoms with van der Waals surface area (Å²) in [5.74, 6) is 8.35. The van der Waals surface area contributed by atoms with E-state index in [1.807, 2.05) is 18.2 Å². The van der Waals surface area contributed by atoms with Gasteiger partial charge >= 0.3 is 0 Å². The van der Waals surface area contributed by atoms with Crippen molar-refractivity contribution in [2.24, 2.45) is 0 Å². The van der Waals surface area contributed by atoms with Crippen LogP contribution in [0.2, 0.25) is 0 Å². The van der Waals surface area contributed by atoms with Gasteiger partial charge < -0.3 is 13.9 Å². The van der Waals surface area contributed by atoms with Gasteiger partial charge in [0, 0.05) is 0 Å². The number of nitrogens with zero attached hydrogens (tertiary/aromatic N) is 2. The van der Waals surface area contributed by atoms with Crippen molar-refractivity contribution >= 4 is 11.8 Å². The van der Waals surface area contributed by atoms with Crippen molar-refractivity contribution in [1.29, 1.82) is 0 Å². The predicted molar refractivity (Wildman–Crippen MR) is 80.8 cm³/mol. The second kappa shape index (κ2) is 7.60. The van der Waals surface area contributed by atoms with Crippen molar-refractivity contribution in [3.8, 4) is 23.3 Å². The van der Waals surface area contributed by atoms with E-state index in [0.717, 1.165) is 5.56 Å². The quantitative estimate of drug-likeness (QED) is 0.604. The van der Waals surface area contributed by atoms with E-state index in [4.69, 9.17) is 13.9 Å². The molecule has 1 heterocycles. The van der Waals surface area contributed by atoms with Gasteiger partial charge in [0.15, 0.2) is 11.5 Å². The van der Waals surface area contributed by atoms with Gasteiger partial charge in [-0.2, -0.15) is 0 Å². The molecule has 0 spiro atoms. The van der Waals surface area contributed by atoms with E-state index < -0.39 is 0 Å². The first-order chi connectivity index (χ1) is 10.3. The molecular formula is C15H16N2O3S. The van der Waals surface area contributed by atoms with Gasteiger partial charge in [0.25, 0.3) is 5.22 Å². The van der Waals surface area contributed by atoms with Gasteiger partial charge in [0.1, 0.15) is 0 Å². The maximum Gasteiger partial charge on any atom is 0.277 e. The summed E-state index contributed by atoms with van der Waals surface area (Å²) in [7, 11) is 3.22. The van der Waals surface area contributed by atoms with Crippen molar-refractivity contribution in [2.45, 2.75) is 18.6 Å². The molecule has 0 aliphatic carbocycles. The molecule has 6 heteroatoms. The zero-order valence-corrected chi connectivity index (χ0v) is 13.0. The lowest BCUT2D eigenvalue weighted by molar-refractivity contribution is 0.354. The van der Waals surface area contributed by atoms with Crippen LogP contribution < -0.4 is 9.47 Å². The fraction of sp³-hybridized carbons (Fsp3) is 0.333. The van der Waals surface area contributed by atoms with Gasteiger partial charge in [-0.3, -0.25) is 0 Å². The van der Waals surface area contributed by atoms with Gasteiger partial charge in [0.05, 0.1) is 26.4 Å². The summed E-state index contributed by atoms with van der Waals surface area (Å²) in [6, 6.07) is 5.70. The van der Waals surface area contributed by atoms with Gasteiger partial charge in [-0.15, -0.1) is 16.1 Å². The van der Waals surface area contributed by atoms with Crippen LogP contribution in [0.5, 0.6) is 11.5 Å². The maximum atomic E-state index is 5.57. The Balaban J connectivity index is 2.05. The number of thioether (sulfide) groups is 1. The molecule has 21 heavy (non-hydrogen) atoms. The molecule has 0 aliphatic heterocycles. The normalized spacial score (nSPS) is 9.86. The van der Waals surface area contributed by atoms with Crippen molar-refractivity contribution in [2.75, 3.05) is 20.0 Å². The monoisotopic (exact) mass is 304 g/mol. The Bertz CT molecular complexity index is 658. The molecule has 0 aliphatic rings. The minimum absolute atomic E-state index is 0.535. The van der Waals surface area contributed by atoms with E-state index in [0.29, 0.717) is 34.8 Å². The summed E-state index contributed by atoms with van der Waals surface area (Å²) >= 11 is 1.43. The number of hydrogen-bond acceptors (Lipinski definition) is 6. The Morgan fingerprint density at radius 1 is 1.19 bits per heavy atom. The van der Waals surface area contributed by atoms with Gasteiger partial charge in [0.2, 0.25) is 5.89 Å². The van der Waals surface area contributed by atoms with Crippen molar-refractivity contribution in [3.63, 3.8) is 0 Å². The van der Waals surface area contributed by atoms with E-state index in [1.54, 1.807) is 21.1 Å². The predicted octanol–water partition coefficient (Wildman–Crippen LogP) is 2.79. The number of hydrogen-bond donors (Lipinski definition) is 0. The molecule has 5 nitrogen and oxygen atoms in total. The average Bonchev–Trinajstić information content (AvgIpc) is 2.95. The standard InChI is InChI=1S/C15H16N2O3S/c1-4-5-8-21-15-17-16-14(20-15)10-11-6-7-12(18-2)13(9-11)19-3/h6-7,9H,8,10H2,1-3H3. The molecule has 1 aromatic carbocycles. The number of ether oxygens (including phenoxy) is 2. The fourth-order valence-corrected chi connectivity index (χ4v) is 2.30. The summed E-state index contributed by atoms with van der Waals surface area (Å²) in [5.41, 5.74) is 1.01. The maximum absolute atomic E-state index is 5.57. The second-order valence-electron chi connectivity index (χ2n) is 4.04. The first kappa shape index (κ1) is 15.3. The average molecular weight is 304 g/mol. The molecule has 2 aromatic rings.